The number of hydrogen-bond acceptors (Lipinski definition) is 5. The predicted octanol–water partition coefficient (Wildman–Crippen LogP) is 12.9. The summed E-state index contributed by atoms with van der Waals surface area (Å²) in [6.45, 7) is 27.4. The van der Waals surface area contributed by atoms with Gasteiger partial charge in [0.2, 0.25) is 0 Å². The Hall–Kier alpha value is -6.87. The fourth-order valence-corrected chi connectivity index (χ4v) is 49.3. The average Bonchev–Trinajstić information content (AvgIpc) is 1.43. The zero-order valence-corrected chi connectivity index (χ0v) is 53.7. The van der Waals surface area contributed by atoms with E-state index in [2.05, 4.69) is 253 Å². The van der Waals surface area contributed by atoms with Gasteiger partial charge in [0.15, 0.2) is 0 Å². The van der Waals surface area contributed by atoms with Gasteiger partial charge in [-0.1, -0.05) is 0 Å². The first kappa shape index (κ1) is 51.7. The van der Waals surface area contributed by atoms with Crippen LogP contribution in [0.4, 0.5) is 0 Å². The van der Waals surface area contributed by atoms with Gasteiger partial charge in [-0.15, -0.1) is 0 Å². The van der Waals surface area contributed by atoms with Gasteiger partial charge in [-0.25, -0.2) is 0 Å². The van der Waals surface area contributed by atoms with Crippen LogP contribution in [0.25, 0.3) is 22.3 Å². The summed E-state index contributed by atoms with van der Waals surface area (Å²) in [6.07, 6.45) is 0. The molecule has 3 aliphatic heterocycles. The second-order valence-corrected chi connectivity index (χ2v) is 40.3. The molecule has 9 aromatic rings. The molecular formula is C76H68Ge2O5. The Morgan fingerprint density at radius 1 is 0.313 bits per heavy atom. The molecule has 1 saturated carbocycles. The minimum atomic E-state index is -5.23. The van der Waals surface area contributed by atoms with Gasteiger partial charge in [-0.05, 0) is 0 Å². The molecule has 4 fully saturated rings. The van der Waals surface area contributed by atoms with E-state index in [-0.39, 0.29) is 0 Å². The van der Waals surface area contributed by atoms with Crippen LogP contribution in [0, 0.1) is 107 Å². The van der Waals surface area contributed by atoms with Crippen molar-refractivity contribution in [2.75, 3.05) is 0 Å². The van der Waals surface area contributed by atoms with Crippen molar-refractivity contribution in [2.24, 2.45) is 23.7 Å². The van der Waals surface area contributed by atoms with Gasteiger partial charge < -0.3 is 0 Å². The number of hydrogen-bond donors (Lipinski definition) is 0. The van der Waals surface area contributed by atoms with Gasteiger partial charge in [-0.2, -0.15) is 0 Å². The summed E-state index contributed by atoms with van der Waals surface area (Å²) < 4.78 is 28.9. The number of carbonyl (C=O) groups excluding carboxylic acids is 2. The van der Waals surface area contributed by atoms with Crippen LogP contribution >= 0.6 is 0 Å². The van der Waals surface area contributed by atoms with Crippen LogP contribution in [-0.4, -0.2) is 39.1 Å². The number of carbonyl (C=O) groups is 2. The molecule has 410 valence electrons. The Balaban J connectivity index is 1.25. The van der Waals surface area contributed by atoms with E-state index >= 15 is 9.59 Å². The van der Waals surface area contributed by atoms with Crippen molar-refractivity contribution in [1.82, 2.24) is 0 Å². The van der Waals surface area contributed by atoms with Crippen molar-refractivity contribution in [3.05, 3.63) is 270 Å². The third-order valence-corrected chi connectivity index (χ3v) is 45.2. The van der Waals surface area contributed by atoms with Gasteiger partial charge in [0.25, 0.3) is 0 Å². The second kappa shape index (κ2) is 16.9. The topological polar surface area (TPSA) is 61.8 Å². The van der Waals surface area contributed by atoms with Crippen molar-refractivity contribution in [2.45, 2.75) is 103 Å². The number of benzene rings is 9. The molecule has 5 nitrogen and oxygen atoms in total. The molecule has 9 aromatic carbocycles. The van der Waals surface area contributed by atoms with Gasteiger partial charge in [-0.3, -0.25) is 0 Å². The van der Waals surface area contributed by atoms with E-state index in [4.69, 9.17) is 4.74 Å². The van der Waals surface area contributed by atoms with Crippen LogP contribution in [0.1, 0.15) is 100 Å². The first-order chi connectivity index (χ1) is 39.9. The Morgan fingerprint density at radius 2 is 0.530 bits per heavy atom. The van der Waals surface area contributed by atoms with Crippen molar-refractivity contribution in [3.8, 4) is 22.3 Å². The Morgan fingerprint density at radius 3 is 0.771 bits per heavy atom. The number of esters is 2. The third-order valence-electron chi connectivity index (χ3n) is 21.8. The van der Waals surface area contributed by atoms with Gasteiger partial charge in [0.1, 0.15) is 0 Å². The third kappa shape index (κ3) is 5.67. The van der Waals surface area contributed by atoms with Crippen molar-refractivity contribution in [1.29, 1.82) is 0 Å². The number of cyclic esters (lactones) is 2. The summed E-state index contributed by atoms with van der Waals surface area (Å²) >= 11 is -10.5. The quantitative estimate of drug-likeness (QED) is 0.0998. The molecule has 3 saturated heterocycles. The fraction of sp³-hybridized carbons (Fsp3) is 0.263. The maximum atomic E-state index is 16.4. The molecule has 0 N–H and O–H groups in total. The summed E-state index contributed by atoms with van der Waals surface area (Å²) in [5, 5.41) is 0. The van der Waals surface area contributed by atoms with E-state index in [1.54, 1.807) is 0 Å². The molecule has 0 aromatic heterocycles. The molecule has 0 amide bonds. The van der Waals surface area contributed by atoms with Gasteiger partial charge >= 0.3 is 497 Å². The summed E-state index contributed by atoms with van der Waals surface area (Å²) in [4.78, 5) is 32.9. The summed E-state index contributed by atoms with van der Waals surface area (Å²) in [6, 6.07) is 65.0. The molecule has 17 rings (SSSR count). The van der Waals surface area contributed by atoms with Crippen LogP contribution in [-0.2, 0) is 41.6 Å². The Labute approximate surface area is 493 Å². The zero-order chi connectivity index (χ0) is 57.4. The number of rotatable bonds is 4. The molecule has 7 heteroatoms. The van der Waals surface area contributed by atoms with E-state index in [0.717, 1.165) is 11.1 Å². The average molecular weight is 1210 g/mol. The van der Waals surface area contributed by atoms with Crippen molar-refractivity contribution in [3.63, 3.8) is 0 Å². The number of fused-ring (bicyclic) bond motifs is 10. The molecular weight excluding hydrogens is 1140 g/mol. The van der Waals surface area contributed by atoms with Crippen molar-refractivity contribution < 1.29 is 21.9 Å². The standard InChI is InChI=1S/C76H68Ge2O5/c1-41-33-45(5)65(46(6)34-41)77(66-47(7)35-42(2)36-48(66)8)73(57-27-17-13-23-53(57)54-24-14-18-28-58(54)73)69-70-74(59-29-19-15-25-55(59)56-26-16-20-30-60(56)74)78(67-49(9)37-43(3)38-50(67)10,68-51(11)39-44(4)40-52(68)12)83-76(70)62-32-22-21-31-61(62)75(69,82-77)63-64(76)72(80)81-71(63)79/h13-40,63-64,69-70H,1-12H3/t63-,64+,69?,70?,75-,76-/m1/s1. The molecule has 6 atom stereocenters. The van der Waals surface area contributed by atoms with Crippen LogP contribution in [0.5, 0.6) is 0 Å². The molecule has 2 unspecified atom stereocenters. The van der Waals surface area contributed by atoms with Crippen LogP contribution in [0.2, 0.25) is 0 Å². The molecule has 8 aliphatic rings. The molecule has 83 heavy (non-hydrogen) atoms. The van der Waals surface area contributed by atoms with E-state index in [1.165, 1.54) is 129 Å². The summed E-state index contributed by atoms with van der Waals surface area (Å²) in [5.41, 5.74) is 23.0. The predicted molar refractivity (Wildman–Crippen MR) is 335 cm³/mol. The monoisotopic (exact) mass is 1210 g/mol. The van der Waals surface area contributed by atoms with Crippen LogP contribution in [0.3, 0.4) is 0 Å². The molecule has 3 heterocycles. The van der Waals surface area contributed by atoms with Gasteiger partial charge in [0.05, 0.1) is 0 Å². The molecule has 2 bridgehead atoms. The van der Waals surface area contributed by atoms with E-state index in [0.29, 0.717) is 0 Å². The maximum absolute atomic E-state index is 16.4. The SMILES string of the molecule is Cc1cc(C)[c]([Ge]2([c]3c(C)cc(C)cc3C)[O][C@@]34c5ccccc5[C@@]5([O][Ge]([c]6c(C)cc(C)cc6C)([c]6c(C)cc(C)cc6C)[C]6(c7ccccc7-c7ccccc76)C5C3[C]23c2ccccc2-c2ccccc23)[C@H]2C(=O)OC(=O)[C@H]24)c(C)c1. The minimum absolute atomic E-state index is 0.514. The molecule has 5 aliphatic carbocycles. The Bertz CT molecular complexity index is 3890. The van der Waals surface area contributed by atoms with E-state index in [9.17, 15) is 7.53 Å². The van der Waals surface area contributed by atoms with E-state index < -0.39 is 82.5 Å². The second-order valence-electron chi connectivity index (χ2n) is 26.2. The summed E-state index contributed by atoms with van der Waals surface area (Å²) in [7, 11) is 0. The van der Waals surface area contributed by atoms with Crippen LogP contribution in [0.15, 0.2) is 170 Å². The van der Waals surface area contributed by atoms with Crippen molar-refractivity contribution >= 4 is 56.7 Å². The van der Waals surface area contributed by atoms with Crippen LogP contribution < -0.4 is 17.6 Å². The summed E-state index contributed by atoms with van der Waals surface area (Å²) in [5.74, 6) is -4.26. The zero-order valence-electron chi connectivity index (χ0n) is 49.5. The Kier molecular flexibility index (Phi) is 10.6. The molecule has 4 spiro atoms. The first-order valence-electron chi connectivity index (χ1n) is 29.9. The van der Waals surface area contributed by atoms with E-state index in [1.807, 2.05) is 0 Å². The normalized spacial score (nSPS) is 24.9. The fourth-order valence-electron chi connectivity index (χ4n) is 20.8. The van der Waals surface area contributed by atoms with Gasteiger partial charge in [0, 0.05) is 0 Å². The molecule has 0 radical (unpaired) electrons. The number of aryl methyl sites for hydroxylation is 12. The first-order valence-corrected chi connectivity index (χ1v) is 37.9. The number of ether oxygens (including phenoxy) is 1.